The maximum Gasteiger partial charge on any atom is 0.315 e. The Hall–Kier alpha value is -1.26. The Morgan fingerprint density at radius 3 is 2.19 bits per heavy atom. The summed E-state index contributed by atoms with van der Waals surface area (Å²) in [5.74, 6) is -0.0777. The molecular weight excluding hydrogens is 268 g/mol. The van der Waals surface area contributed by atoms with E-state index in [0.29, 0.717) is 18.3 Å². The van der Waals surface area contributed by atoms with Crippen molar-refractivity contribution in [2.45, 2.75) is 63.8 Å². The van der Waals surface area contributed by atoms with E-state index in [9.17, 15) is 9.59 Å². The molecule has 0 heterocycles. The van der Waals surface area contributed by atoms with E-state index in [0.717, 1.165) is 25.3 Å². The van der Waals surface area contributed by atoms with Crippen molar-refractivity contribution < 1.29 is 14.7 Å². The number of carboxylic acids is 1. The molecule has 0 aromatic carbocycles. The van der Waals surface area contributed by atoms with Crippen LogP contribution in [0.25, 0.3) is 0 Å². The summed E-state index contributed by atoms with van der Waals surface area (Å²) in [5, 5.41) is 15.0. The minimum Gasteiger partial charge on any atom is -0.481 e. The fraction of sp³-hybridized carbons (Fsp3) is 0.875. The maximum atomic E-state index is 12.0. The van der Waals surface area contributed by atoms with Crippen molar-refractivity contribution >= 4 is 12.0 Å². The first-order valence-corrected chi connectivity index (χ1v) is 8.36. The summed E-state index contributed by atoms with van der Waals surface area (Å²) in [7, 11) is 0. The molecule has 0 aliphatic heterocycles. The van der Waals surface area contributed by atoms with Gasteiger partial charge < -0.3 is 15.7 Å². The number of rotatable bonds is 5. The van der Waals surface area contributed by atoms with Crippen LogP contribution in [0.2, 0.25) is 0 Å². The second-order valence-corrected chi connectivity index (χ2v) is 7.20. The Labute approximate surface area is 125 Å². The zero-order valence-corrected chi connectivity index (χ0v) is 12.6. The number of hydrogen-bond acceptors (Lipinski definition) is 2. The first-order valence-electron chi connectivity index (χ1n) is 8.36. The van der Waals surface area contributed by atoms with Crippen LogP contribution in [0.5, 0.6) is 0 Å². The fourth-order valence-corrected chi connectivity index (χ4v) is 4.03. The average Bonchev–Trinajstić information content (AvgIpc) is 3.23. The SMILES string of the molecule is O=C(NCC1(C2CC2)CCC1)NC1CCC(C(=O)O)CC1. The van der Waals surface area contributed by atoms with Gasteiger partial charge >= 0.3 is 12.0 Å². The highest BCUT2D eigenvalue weighted by Crippen LogP contribution is 2.56. The number of carbonyl (C=O) groups excluding carboxylic acids is 1. The van der Waals surface area contributed by atoms with Crippen molar-refractivity contribution in [3.8, 4) is 0 Å². The lowest BCUT2D eigenvalue weighted by Gasteiger charge is -2.42. The number of amides is 2. The number of nitrogens with one attached hydrogen (secondary N) is 2. The predicted molar refractivity (Wildman–Crippen MR) is 78.9 cm³/mol. The van der Waals surface area contributed by atoms with E-state index in [2.05, 4.69) is 10.6 Å². The van der Waals surface area contributed by atoms with Crippen LogP contribution >= 0.6 is 0 Å². The van der Waals surface area contributed by atoms with Gasteiger partial charge in [-0.25, -0.2) is 4.79 Å². The van der Waals surface area contributed by atoms with Crippen LogP contribution in [0.1, 0.15) is 57.8 Å². The summed E-state index contributed by atoms with van der Waals surface area (Å²) in [6, 6.07) is 0.0690. The van der Waals surface area contributed by atoms with Gasteiger partial charge in [0, 0.05) is 12.6 Å². The van der Waals surface area contributed by atoms with Gasteiger partial charge in [-0.2, -0.15) is 0 Å². The molecule has 3 N–H and O–H groups in total. The van der Waals surface area contributed by atoms with Crippen LogP contribution in [0.15, 0.2) is 0 Å². The van der Waals surface area contributed by atoms with Crippen molar-refractivity contribution in [3.05, 3.63) is 0 Å². The first kappa shape index (κ1) is 14.7. The van der Waals surface area contributed by atoms with E-state index in [1.54, 1.807) is 0 Å². The molecule has 5 heteroatoms. The van der Waals surface area contributed by atoms with Crippen molar-refractivity contribution in [3.63, 3.8) is 0 Å². The molecule has 0 saturated heterocycles. The topological polar surface area (TPSA) is 78.4 Å². The number of hydrogen-bond donors (Lipinski definition) is 3. The molecule has 2 amide bonds. The summed E-state index contributed by atoms with van der Waals surface area (Å²) >= 11 is 0. The quantitative estimate of drug-likeness (QED) is 0.729. The predicted octanol–water partition coefficient (Wildman–Crippen LogP) is 2.51. The van der Waals surface area contributed by atoms with Crippen molar-refractivity contribution in [1.82, 2.24) is 10.6 Å². The Balaban J connectivity index is 1.38. The Morgan fingerprint density at radius 2 is 1.71 bits per heavy atom. The van der Waals surface area contributed by atoms with Crippen LogP contribution in [-0.2, 0) is 4.79 Å². The zero-order valence-electron chi connectivity index (χ0n) is 12.6. The molecule has 0 aromatic rings. The molecule has 3 saturated carbocycles. The summed E-state index contributed by atoms with van der Waals surface area (Å²) < 4.78 is 0. The summed E-state index contributed by atoms with van der Waals surface area (Å²) in [6.07, 6.45) is 9.40. The van der Waals surface area contributed by atoms with Crippen LogP contribution in [-0.4, -0.2) is 29.7 Å². The van der Waals surface area contributed by atoms with Crippen LogP contribution < -0.4 is 10.6 Å². The number of carboxylic acid groups (broad SMARTS) is 1. The standard InChI is InChI=1S/C16H26N2O3/c19-14(20)11-2-6-13(7-3-11)18-15(21)17-10-16(8-1-9-16)12-4-5-12/h11-13H,1-10H2,(H,19,20)(H2,17,18,21). The maximum absolute atomic E-state index is 12.0. The highest BCUT2D eigenvalue weighted by Gasteiger charge is 2.48. The lowest BCUT2D eigenvalue weighted by atomic mass is 9.65. The third kappa shape index (κ3) is 3.33. The Bertz CT molecular complexity index is 408. The van der Waals surface area contributed by atoms with E-state index >= 15 is 0 Å². The molecular formula is C16H26N2O3. The van der Waals surface area contributed by atoms with Crippen LogP contribution in [0, 0.1) is 17.3 Å². The fourth-order valence-electron chi connectivity index (χ4n) is 4.03. The van der Waals surface area contributed by atoms with Crippen LogP contribution in [0.3, 0.4) is 0 Å². The van der Waals surface area contributed by atoms with Gasteiger partial charge in [-0.3, -0.25) is 4.79 Å². The van der Waals surface area contributed by atoms with E-state index in [-0.39, 0.29) is 18.0 Å². The van der Waals surface area contributed by atoms with Crippen molar-refractivity contribution in [2.75, 3.05) is 6.54 Å². The third-order valence-corrected chi connectivity index (χ3v) is 5.81. The largest absolute Gasteiger partial charge is 0.481 e. The highest BCUT2D eigenvalue weighted by atomic mass is 16.4. The molecule has 3 aliphatic rings. The molecule has 0 aromatic heterocycles. The molecule has 118 valence electrons. The van der Waals surface area contributed by atoms with Gasteiger partial charge in [0.15, 0.2) is 0 Å². The molecule has 21 heavy (non-hydrogen) atoms. The van der Waals surface area contributed by atoms with E-state index in [1.165, 1.54) is 32.1 Å². The minimum atomic E-state index is -0.700. The molecule has 3 aliphatic carbocycles. The van der Waals surface area contributed by atoms with E-state index in [1.807, 2.05) is 0 Å². The second-order valence-electron chi connectivity index (χ2n) is 7.20. The summed E-state index contributed by atoms with van der Waals surface area (Å²) in [6.45, 7) is 0.813. The number of carbonyl (C=O) groups is 2. The van der Waals surface area contributed by atoms with Gasteiger partial charge in [0.2, 0.25) is 0 Å². The van der Waals surface area contributed by atoms with Crippen molar-refractivity contribution in [2.24, 2.45) is 17.3 Å². The van der Waals surface area contributed by atoms with Gasteiger partial charge in [0.05, 0.1) is 5.92 Å². The van der Waals surface area contributed by atoms with Gasteiger partial charge in [0.1, 0.15) is 0 Å². The molecule has 0 unspecified atom stereocenters. The minimum absolute atomic E-state index is 0.0688. The van der Waals surface area contributed by atoms with E-state index in [4.69, 9.17) is 5.11 Å². The molecule has 3 rings (SSSR count). The lowest BCUT2D eigenvalue weighted by Crippen LogP contribution is -2.49. The smallest absolute Gasteiger partial charge is 0.315 e. The average molecular weight is 294 g/mol. The Morgan fingerprint density at radius 1 is 1.05 bits per heavy atom. The normalized spacial score (nSPS) is 31.0. The van der Waals surface area contributed by atoms with Crippen molar-refractivity contribution in [1.29, 1.82) is 0 Å². The summed E-state index contributed by atoms with van der Waals surface area (Å²) in [5.41, 5.74) is 0.401. The van der Waals surface area contributed by atoms with Gasteiger partial charge in [0.25, 0.3) is 0 Å². The Kier molecular flexibility index (Phi) is 4.09. The summed E-state index contributed by atoms with van der Waals surface area (Å²) in [4.78, 5) is 22.9. The molecule has 0 atom stereocenters. The lowest BCUT2D eigenvalue weighted by molar-refractivity contribution is -0.142. The first-order chi connectivity index (χ1) is 10.1. The monoisotopic (exact) mass is 294 g/mol. The molecule has 0 bridgehead atoms. The van der Waals surface area contributed by atoms with E-state index < -0.39 is 5.97 Å². The van der Waals surface area contributed by atoms with Crippen LogP contribution in [0.4, 0.5) is 4.79 Å². The molecule has 0 radical (unpaired) electrons. The number of urea groups is 1. The second kappa shape index (κ2) is 5.85. The molecule has 5 nitrogen and oxygen atoms in total. The highest BCUT2D eigenvalue weighted by molar-refractivity contribution is 5.74. The third-order valence-electron chi connectivity index (χ3n) is 5.81. The van der Waals surface area contributed by atoms with Gasteiger partial charge in [-0.15, -0.1) is 0 Å². The van der Waals surface area contributed by atoms with Gasteiger partial charge in [-0.1, -0.05) is 6.42 Å². The molecule has 0 spiro atoms. The number of aliphatic carboxylic acids is 1. The van der Waals surface area contributed by atoms with Gasteiger partial charge in [-0.05, 0) is 62.7 Å². The zero-order chi connectivity index (χ0) is 14.9. The molecule has 3 fully saturated rings.